The molecule has 0 saturated heterocycles. The van der Waals surface area contributed by atoms with Gasteiger partial charge in [0.15, 0.2) is 0 Å². The summed E-state index contributed by atoms with van der Waals surface area (Å²) in [4.78, 5) is 11.7. The lowest BCUT2D eigenvalue weighted by molar-refractivity contribution is -0.111. The van der Waals surface area contributed by atoms with E-state index in [0.717, 1.165) is 17.0 Å². The maximum Gasteiger partial charge on any atom is 0.248 e. The molecule has 2 aromatic rings. The van der Waals surface area contributed by atoms with Crippen LogP contribution in [0.2, 0.25) is 0 Å². The predicted octanol–water partition coefficient (Wildman–Crippen LogP) is 3.35. The molecule has 0 radical (unpaired) electrons. The lowest BCUT2D eigenvalue weighted by Gasteiger charge is -2.03. The first-order chi connectivity index (χ1) is 9.28. The van der Waals surface area contributed by atoms with Crippen molar-refractivity contribution in [3.05, 3.63) is 66.2 Å². The Bertz CT molecular complexity index is 559. The molecule has 0 aliphatic carbocycles. The monoisotopic (exact) mass is 253 g/mol. The average molecular weight is 253 g/mol. The van der Waals surface area contributed by atoms with Crippen LogP contribution in [0.3, 0.4) is 0 Å². The Hall–Kier alpha value is -2.55. The van der Waals surface area contributed by atoms with E-state index < -0.39 is 0 Å². The summed E-state index contributed by atoms with van der Waals surface area (Å²) in [5, 5.41) is 2.78. The Kier molecular flexibility index (Phi) is 4.34. The van der Waals surface area contributed by atoms with E-state index in [0.29, 0.717) is 0 Å². The largest absolute Gasteiger partial charge is 0.497 e. The quantitative estimate of drug-likeness (QED) is 0.849. The van der Waals surface area contributed by atoms with Crippen molar-refractivity contribution in [3.63, 3.8) is 0 Å². The van der Waals surface area contributed by atoms with Crippen LogP contribution in [-0.4, -0.2) is 13.0 Å². The number of nitrogens with one attached hydrogen (secondary N) is 1. The third kappa shape index (κ3) is 4.00. The van der Waals surface area contributed by atoms with E-state index in [1.165, 1.54) is 6.08 Å². The lowest BCUT2D eigenvalue weighted by atomic mass is 10.2. The molecule has 0 unspecified atom stereocenters. The van der Waals surface area contributed by atoms with Crippen molar-refractivity contribution in [2.75, 3.05) is 12.4 Å². The van der Waals surface area contributed by atoms with E-state index in [4.69, 9.17) is 4.74 Å². The van der Waals surface area contributed by atoms with E-state index in [1.807, 2.05) is 30.3 Å². The molecule has 19 heavy (non-hydrogen) atoms. The maximum absolute atomic E-state index is 11.7. The molecule has 0 aliphatic heterocycles. The molecular weight excluding hydrogens is 238 g/mol. The standard InChI is InChI=1S/C16H15NO2/c1-19-15-10-8-14(9-11-15)17-16(18)12-7-13-5-3-2-4-6-13/h2-12H,1H3,(H,17,18). The number of carbonyl (C=O) groups is 1. The average Bonchev–Trinajstić information content (AvgIpc) is 2.47. The number of anilines is 1. The second-order valence-electron chi connectivity index (χ2n) is 3.96. The van der Waals surface area contributed by atoms with Crippen LogP contribution in [-0.2, 0) is 4.79 Å². The smallest absolute Gasteiger partial charge is 0.248 e. The Morgan fingerprint density at radius 2 is 1.74 bits per heavy atom. The third-order valence-electron chi connectivity index (χ3n) is 2.58. The molecule has 0 heterocycles. The van der Waals surface area contributed by atoms with Crippen molar-refractivity contribution >= 4 is 17.7 Å². The number of amides is 1. The van der Waals surface area contributed by atoms with Crippen LogP contribution in [0.5, 0.6) is 5.75 Å². The van der Waals surface area contributed by atoms with Crippen molar-refractivity contribution in [3.8, 4) is 5.75 Å². The van der Waals surface area contributed by atoms with Gasteiger partial charge in [-0.2, -0.15) is 0 Å². The van der Waals surface area contributed by atoms with Gasteiger partial charge in [0.2, 0.25) is 5.91 Å². The van der Waals surface area contributed by atoms with Gasteiger partial charge in [-0.25, -0.2) is 0 Å². The van der Waals surface area contributed by atoms with Gasteiger partial charge in [-0.3, -0.25) is 4.79 Å². The minimum atomic E-state index is -0.158. The highest BCUT2D eigenvalue weighted by Gasteiger charge is 1.98. The predicted molar refractivity (Wildman–Crippen MR) is 77.1 cm³/mol. The van der Waals surface area contributed by atoms with Crippen molar-refractivity contribution < 1.29 is 9.53 Å². The normalized spacial score (nSPS) is 10.4. The summed E-state index contributed by atoms with van der Waals surface area (Å²) in [6, 6.07) is 16.9. The van der Waals surface area contributed by atoms with Gasteiger partial charge in [0.25, 0.3) is 0 Å². The summed E-state index contributed by atoms with van der Waals surface area (Å²) >= 11 is 0. The van der Waals surface area contributed by atoms with Gasteiger partial charge >= 0.3 is 0 Å². The fourth-order valence-electron chi connectivity index (χ4n) is 1.59. The first kappa shape index (κ1) is 12.9. The van der Waals surface area contributed by atoms with Crippen LogP contribution < -0.4 is 10.1 Å². The summed E-state index contributed by atoms with van der Waals surface area (Å²) in [6.07, 6.45) is 3.29. The van der Waals surface area contributed by atoms with E-state index in [2.05, 4.69) is 5.32 Å². The highest BCUT2D eigenvalue weighted by atomic mass is 16.5. The minimum Gasteiger partial charge on any atom is -0.497 e. The fourth-order valence-corrected chi connectivity index (χ4v) is 1.59. The lowest BCUT2D eigenvalue weighted by Crippen LogP contribution is -2.07. The van der Waals surface area contributed by atoms with Crippen molar-refractivity contribution in [1.29, 1.82) is 0 Å². The van der Waals surface area contributed by atoms with E-state index in [9.17, 15) is 4.79 Å². The summed E-state index contributed by atoms with van der Waals surface area (Å²) in [7, 11) is 1.61. The molecule has 0 saturated carbocycles. The highest BCUT2D eigenvalue weighted by Crippen LogP contribution is 2.15. The second kappa shape index (κ2) is 6.40. The minimum absolute atomic E-state index is 0.158. The zero-order chi connectivity index (χ0) is 13.5. The number of rotatable bonds is 4. The summed E-state index contributed by atoms with van der Waals surface area (Å²) in [5.74, 6) is 0.604. The molecule has 0 aliphatic rings. The summed E-state index contributed by atoms with van der Waals surface area (Å²) < 4.78 is 5.05. The van der Waals surface area contributed by atoms with E-state index in [1.54, 1.807) is 37.5 Å². The second-order valence-corrected chi connectivity index (χ2v) is 3.96. The number of ether oxygens (including phenoxy) is 1. The van der Waals surface area contributed by atoms with Crippen molar-refractivity contribution in [2.45, 2.75) is 0 Å². The molecule has 0 fully saturated rings. The molecule has 2 aromatic carbocycles. The first-order valence-corrected chi connectivity index (χ1v) is 5.96. The Morgan fingerprint density at radius 1 is 1.05 bits per heavy atom. The van der Waals surface area contributed by atoms with Crippen LogP contribution in [0, 0.1) is 0 Å². The van der Waals surface area contributed by atoms with Gasteiger partial charge in [-0.1, -0.05) is 30.3 Å². The topological polar surface area (TPSA) is 38.3 Å². The first-order valence-electron chi connectivity index (χ1n) is 5.96. The van der Waals surface area contributed by atoms with Crippen LogP contribution in [0.1, 0.15) is 5.56 Å². The van der Waals surface area contributed by atoms with Gasteiger partial charge < -0.3 is 10.1 Å². The number of benzene rings is 2. The Labute approximate surface area is 112 Å². The van der Waals surface area contributed by atoms with Gasteiger partial charge in [0, 0.05) is 11.8 Å². The molecule has 0 bridgehead atoms. The highest BCUT2D eigenvalue weighted by molar-refractivity contribution is 6.01. The van der Waals surface area contributed by atoms with Gasteiger partial charge in [-0.15, -0.1) is 0 Å². The number of methoxy groups -OCH3 is 1. The van der Waals surface area contributed by atoms with Gasteiger partial charge in [0.05, 0.1) is 7.11 Å². The van der Waals surface area contributed by atoms with E-state index in [-0.39, 0.29) is 5.91 Å². The molecule has 3 nitrogen and oxygen atoms in total. The molecule has 0 atom stereocenters. The number of hydrogen-bond donors (Lipinski definition) is 1. The molecule has 1 amide bonds. The Morgan fingerprint density at radius 3 is 2.37 bits per heavy atom. The molecular formula is C16H15NO2. The maximum atomic E-state index is 11.7. The van der Waals surface area contributed by atoms with Crippen molar-refractivity contribution in [2.24, 2.45) is 0 Å². The zero-order valence-electron chi connectivity index (χ0n) is 10.7. The molecule has 2 rings (SSSR count). The molecule has 1 N–H and O–H groups in total. The van der Waals surface area contributed by atoms with E-state index >= 15 is 0 Å². The van der Waals surface area contributed by atoms with Crippen LogP contribution in [0.25, 0.3) is 6.08 Å². The fraction of sp³-hybridized carbons (Fsp3) is 0.0625. The summed E-state index contributed by atoms with van der Waals surface area (Å²) in [6.45, 7) is 0. The number of hydrogen-bond acceptors (Lipinski definition) is 2. The Balaban J connectivity index is 1.95. The molecule has 0 spiro atoms. The van der Waals surface area contributed by atoms with Crippen LogP contribution in [0.15, 0.2) is 60.7 Å². The molecule has 3 heteroatoms. The summed E-state index contributed by atoms with van der Waals surface area (Å²) in [5.41, 5.74) is 1.73. The van der Waals surface area contributed by atoms with Crippen molar-refractivity contribution in [1.82, 2.24) is 0 Å². The zero-order valence-corrected chi connectivity index (χ0v) is 10.7. The molecule has 96 valence electrons. The van der Waals surface area contributed by atoms with Crippen LogP contribution >= 0.6 is 0 Å². The molecule has 0 aromatic heterocycles. The third-order valence-corrected chi connectivity index (χ3v) is 2.58. The SMILES string of the molecule is COc1ccc(NC(=O)C=Cc2ccccc2)cc1. The van der Waals surface area contributed by atoms with Gasteiger partial charge in [-0.05, 0) is 35.9 Å². The van der Waals surface area contributed by atoms with Crippen LogP contribution in [0.4, 0.5) is 5.69 Å². The number of carbonyl (C=O) groups excluding carboxylic acids is 1. The van der Waals surface area contributed by atoms with Gasteiger partial charge in [0.1, 0.15) is 5.75 Å².